The van der Waals surface area contributed by atoms with Gasteiger partial charge < -0.3 is 10.1 Å². The van der Waals surface area contributed by atoms with Crippen molar-refractivity contribution in [2.45, 2.75) is 45.7 Å². The molecule has 0 aromatic heterocycles. The van der Waals surface area contributed by atoms with E-state index in [2.05, 4.69) is 31.0 Å². The van der Waals surface area contributed by atoms with E-state index in [-0.39, 0.29) is 0 Å². The van der Waals surface area contributed by atoms with Gasteiger partial charge in [0.05, 0.1) is 0 Å². The summed E-state index contributed by atoms with van der Waals surface area (Å²) in [5.74, 6) is 1.65. The lowest BCUT2D eigenvalue weighted by Gasteiger charge is -2.42. The maximum absolute atomic E-state index is 5.87. The number of piperazine rings is 1. The molecular formula is C18H30N2O. The standard InChI is InChI=1S/C18H30N2O/c1-4-8-16-14-20(18(13-19-16)15(2)3)11-12-21-17-9-6-5-7-10-17/h5-7,9-10,15-16,18-19H,4,8,11-14H2,1-3H3. The van der Waals surface area contributed by atoms with Crippen LogP contribution in [0.4, 0.5) is 0 Å². The van der Waals surface area contributed by atoms with E-state index >= 15 is 0 Å². The fraction of sp³-hybridized carbons (Fsp3) is 0.667. The van der Waals surface area contributed by atoms with Crippen LogP contribution in [0, 0.1) is 5.92 Å². The highest BCUT2D eigenvalue weighted by Crippen LogP contribution is 2.17. The average Bonchev–Trinajstić information content (AvgIpc) is 2.49. The van der Waals surface area contributed by atoms with E-state index in [9.17, 15) is 0 Å². The summed E-state index contributed by atoms with van der Waals surface area (Å²) in [7, 11) is 0. The summed E-state index contributed by atoms with van der Waals surface area (Å²) in [5, 5.41) is 3.71. The van der Waals surface area contributed by atoms with Crippen LogP contribution in [-0.2, 0) is 0 Å². The highest BCUT2D eigenvalue weighted by molar-refractivity contribution is 5.20. The number of hydrogen-bond donors (Lipinski definition) is 1. The fourth-order valence-electron chi connectivity index (χ4n) is 3.15. The average molecular weight is 290 g/mol. The Kier molecular flexibility index (Phi) is 6.52. The van der Waals surface area contributed by atoms with Crippen molar-refractivity contribution in [2.75, 3.05) is 26.2 Å². The molecule has 2 atom stereocenters. The van der Waals surface area contributed by atoms with E-state index in [0.717, 1.165) is 32.0 Å². The number of para-hydroxylation sites is 1. The number of ether oxygens (including phenoxy) is 1. The van der Waals surface area contributed by atoms with Crippen LogP contribution >= 0.6 is 0 Å². The van der Waals surface area contributed by atoms with Crippen LogP contribution in [0.3, 0.4) is 0 Å². The molecule has 1 aliphatic rings. The number of benzene rings is 1. The van der Waals surface area contributed by atoms with Crippen molar-refractivity contribution in [3.05, 3.63) is 30.3 Å². The Bertz CT molecular complexity index is 393. The molecule has 1 fully saturated rings. The third-order valence-electron chi connectivity index (χ3n) is 4.34. The fourth-order valence-corrected chi connectivity index (χ4v) is 3.15. The maximum Gasteiger partial charge on any atom is 0.119 e. The molecule has 3 nitrogen and oxygen atoms in total. The molecule has 1 aliphatic heterocycles. The minimum atomic E-state index is 0.623. The minimum absolute atomic E-state index is 0.623. The summed E-state index contributed by atoms with van der Waals surface area (Å²) in [4.78, 5) is 2.62. The van der Waals surface area contributed by atoms with E-state index in [0.29, 0.717) is 18.0 Å². The molecule has 0 radical (unpaired) electrons. The summed E-state index contributed by atoms with van der Waals surface area (Å²) in [5.41, 5.74) is 0. The molecule has 1 N–H and O–H groups in total. The summed E-state index contributed by atoms with van der Waals surface area (Å²) < 4.78 is 5.87. The molecule has 1 heterocycles. The monoisotopic (exact) mass is 290 g/mol. The van der Waals surface area contributed by atoms with Gasteiger partial charge in [-0.3, -0.25) is 4.90 Å². The van der Waals surface area contributed by atoms with E-state index in [1.165, 1.54) is 12.8 Å². The molecule has 21 heavy (non-hydrogen) atoms. The predicted molar refractivity (Wildman–Crippen MR) is 88.8 cm³/mol. The van der Waals surface area contributed by atoms with Gasteiger partial charge in [-0.15, -0.1) is 0 Å². The Hall–Kier alpha value is -1.06. The first-order valence-corrected chi connectivity index (χ1v) is 8.36. The zero-order chi connectivity index (χ0) is 15.1. The minimum Gasteiger partial charge on any atom is -0.492 e. The quantitative estimate of drug-likeness (QED) is 0.835. The molecule has 118 valence electrons. The Labute approximate surface area is 129 Å². The molecule has 1 aromatic rings. The molecule has 0 bridgehead atoms. The van der Waals surface area contributed by atoms with Gasteiger partial charge in [-0.2, -0.15) is 0 Å². The van der Waals surface area contributed by atoms with Crippen molar-refractivity contribution in [3.63, 3.8) is 0 Å². The Balaban J connectivity index is 1.84. The zero-order valence-electron chi connectivity index (χ0n) is 13.7. The Morgan fingerprint density at radius 2 is 2.05 bits per heavy atom. The molecule has 0 saturated carbocycles. The molecule has 0 spiro atoms. The van der Waals surface area contributed by atoms with Crippen molar-refractivity contribution in [1.82, 2.24) is 10.2 Å². The highest BCUT2D eigenvalue weighted by atomic mass is 16.5. The zero-order valence-corrected chi connectivity index (χ0v) is 13.7. The second kappa shape index (κ2) is 8.40. The van der Waals surface area contributed by atoms with Crippen molar-refractivity contribution in [3.8, 4) is 5.75 Å². The molecule has 2 rings (SSSR count). The van der Waals surface area contributed by atoms with Crippen molar-refractivity contribution >= 4 is 0 Å². The lowest BCUT2D eigenvalue weighted by atomic mass is 9.97. The van der Waals surface area contributed by atoms with Crippen molar-refractivity contribution in [2.24, 2.45) is 5.92 Å². The SMILES string of the molecule is CCCC1CN(CCOc2ccccc2)C(C(C)C)CN1. The van der Waals surface area contributed by atoms with E-state index in [1.807, 2.05) is 30.3 Å². The lowest BCUT2D eigenvalue weighted by Crippen LogP contribution is -2.58. The van der Waals surface area contributed by atoms with Gasteiger partial charge >= 0.3 is 0 Å². The van der Waals surface area contributed by atoms with E-state index in [4.69, 9.17) is 4.74 Å². The third-order valence-corrected chi connectivity index (χ3v) is 4.34. The first kappa shape index (κ1) is 16.3. The van der Waals surface area contributed by atoms with Gasteiger partial charge in [0, 0.05) is 31.7 Å². The third kappa shape index (κ3) is 5.01. The van der Waals surface area contributed by atoms with Crippen LogP contribution in [0.2, 0.25) is 0 Å². The number of nitrogens with zero attached hydrogens (tertiary/aromatic N) is 1. The van der Waals surface area contributed by atoms with Crippen LogP contribution < -0.4 is 10.1 Å². The van der Waals surface area contributed by atoms with E-state index in [1.54, 1.807) is 0 Å². The van der Waals surface area contributed by atoms with Gasteiger partial charge in [-0.25, -0.2) is 0 Å². The van der Waals surface area contributed by atoms with Gasteiger partial charge in [0.1, 0.15) is 12.4 Å². The normalized spacial score (nSPS) is 23.4. The van der Waals surface area contributed by atoms with Crippen LogP contribution in [0.1, 0.15) is 33.6 Å². The van der Waals surface area contributed by atoms with Gasteiger partial charge in [-0.05, 0) is 24.5 Å². The Morgan fingerprint density at radius 3 is 2.71 bits per heavy atom. The molecule has 1 saturated heterocycles. The largest absolute Gasteiger partial charge is 0.492 e. The molecular weight excluding hydrogens is 260 g/mol. The van der Waals surface area contributed by atoms with Crippen molar-refractivity contribution in [1.29, 1.82) is 0 Å². The predicted octanol–water partition coefficient (Wildman–Crippen LogP) is 3.16. The maximum atomic E-state index is 5.87. The van der Waals surface area contributed by atoms with Crippen LogP contribution in [-0.4, -0.2) is 43.2 Å². The molecule has 0 amide bonds. The second-order valence-electron chi connectivity index (χ2n) is 6.36. The molecule has 0 aliphatic carbocycles. The van der Waals surface area contributed by atoms with Gasteiger partial charge in [0.25, 0.3) is 0 Å². The number of rotatable bonds is 7. The summed E-state index contributed by atoms with van der Waals surface area (Å²) in [6.07, 6.45) is 2.51. The van der Waals surface area contributed by atoms with Gasteiger partial charge in [0.15, 0.2) is 0 Å². The summed E-state index contributed by atoms with van der Waals surface area (Å²) in [6, 6.07) is 11.4. The number of nitrogens with one attached hydrogen (secondary N) is 1. The van der Waals surface area contributed by atoms with Gasteiger partial charge in [0.2, 0.25) is 0 Å². The Morgan fingerprint density at radius 1 is 1.29 bits per heavy atom. The van der Waals surface area contributed by atoms with Crippen LogP contribution in [0.5, 0.6) is 5.75 Å². The summed E-state index contributed by atoms with van der Waals surface area (Å²) >= 11 is 0. The molecule has 3 heteroatoms. The summed E-state index contributed by atoms with van der Waals surface area (Å²) in [6.45, 7) is 10.9. The lowest BCUT2D eigenvalue weighted by molar-refractivity contribution is 0.0803. The van der Waals surface area contributed by atoms with Crippen LogP contribution in [0.15, 0.2) is 30.3 Å². The van der Waals surface area contributed by atoms with Crippen LogP contribution in [0.25, 0.3) is 0 Å². The second-order valence-corrected chi connectivity index (χ2v) is 6.36. The first-order chi connectivity index (χ1) is 10.2. The van der Waals surface area contributed by atoms with E-state index < -0.39 is 0 Å². The first-order valence-electron chi connectivity index (χ1n) is 8.36. The topological polar surface area (TPSA) is 24.5 Å². The molecule has 1 aromatic carbocycles. The highest BCUT2D eigenvalue weighted by Gasteiger charge is 2.29. The molecule has 2 unspecified atom stereocenters. The van der Waals surface area contributed by atoms with Crippen molar-refractivity contribution < 1.29 is 4.74 Å². The van der Waals surface area contributed by atoms with Gasteiger partial charge in [-0.1, -0.05) is 45.4 Å². The number of hydrogen-bond acceptors (Lipinski definition) is 3. The smallest absolute Gasteiger partial charge is 0.119 e.